The molecule has 0 aromatic carbocycles. The van der Waals surface area contributed by atoms with Crippen LogP contribution in [-0.4, -0.2) is 28.8 Å². The van der Waals surface area contributed by atoms with Crippen molar-refractivity contribution in [3.05, 3.63) is 17.5 Å². The minimum atomic E-state index is -0.216. The lowest BCUT2D eigenvalue weighted by Crippen LogP contribution is -2.32. The number of nitrogens with one attached hydrogen (secondary N) is 1. The number of aliphatic hydroxyl groups excluding tert-OH is 1. The van der Waals surface area contributed by atoms with Gasteiger partial charge in [-0.15, -0.1) is 0 Å². The van der Waals surface area contributed by atoms with Crippen molar-refractivity contribution in [2.75, 3.05) is 6.54 Å². The molecular formula is C15H24N2O3. The van der Waals surface area contributed by atoms with Gasteiger partial charge in [-0.1, -0.05) is 25.4 Å². The Labute approximate surface area is 119 Å². The zero-order valence-corrected chi connectivity index (χ0v) is 12.3. The number of amides is 1. The maximum absolute atomic E-state index is 12.0. The van der Waals surface area contributed by atoms with Gasteiger partial charge in [0.25, 0.3) is 5.91 Å². The highest BCUT2D eigenvalue weighted by atomic mass is 16.5. The van der Waals surface area contributed by atoms with Crippen LogP contribution in [0.15, 0.2) is 10.6 Å². The monoisotopic (exact) mass is 280 g/mol. The van der Waals surface area contributed by atoms with Crippen LogP contribution < -0.4 is 5.32 Å². The molecule has 1 fully saturated rings. The van der Waals surface area contributed by atoms with Gasteiger partial charge in [-0.05, 0) is 31.6 Å². The maximum Gasteiger partial charge on any atom is 0.289 e. The largest absolute Gasteiger partial charge is 0.393 e. The Bertz CT molecular complexity index is 444. The van der Waals surface area contributed by atoms with Crippen LogP contribution in [0.3, 0.4) is 0 Å². The second-order valence-corrected chi connectivity index (χ2v) is 5.82. The molecule has 1 heterocycles. The van der Waals surface area contributed by atoms with Crippen LogP contribution in [0.2, 0.25) is 0 Å². The maximum atomic E-state index is 12.0. The number of hydrogen-bond acceptors (Lipinski definition) is 4. The average Bonchev–Trinajstić information content (AvgIpc) is 2.94. The molecule has 3 unspecified atom stereocenters. The first-order chi connectivity index (χ1) is 9.60. The summed E-state index contributed by atoms with van der Waals surface area (Å²) >= 11 is 0. The third-order valence-corrected chi connectivity index (χ3v) is 4.18. The zero-order chi connectivity index (χ0) is 14.5. The van der Waals surface area contributed by atoms with Gasteiger partial charge >= 0.3 is 0 Å². The molecule has 112 valence electrons. The van der Waals surface area contributed by atoms with E-state index in [0.717, 1.165) is 37.8 Å². The molecule has 5 nitrogen and oxygen atoms in total. The second kappa shape index (κ2) is 6.88. The lowest BCUT2D eigenvalue weighted by atomic mass is 9.87. The van der Waals surface area contributed by atoms with Crippen molar-refractivity contribution in [3.63, 3.8) is 0 Å². The summed E-state index contributed by atoms with van der Waals surface area (Å²) in [5, 5.41) is 16.4. The molecule has 1 amide bonds. The number of rotatable bonds is 5. The van der Waals surface area contributed by atoms with Gasteiger partial charge in [-0.3, -0.25) is 4.79 Å². The lowest BCUT2D eigenvalue weighted by Gasteiger charge is -2.25. The van der Waals surface area contributed by atoms with E-state index in [0.29, 0.717) is 18.4 Å². The van der Waals surface area contributed by atoms with Crippen molar-refractivity contribution in [2.24, 2.45) is 5.92 Å². The van der Waals surface area contributed by atoms with Crippen LogP contribution in [0.1, 0.15) is 68.1 Å². The van der Waals surface area contributed by atoms with Crippen LogP contribution in [0.5, 0.6) is 0 Å². The van der Waals surface area contributed by atoms with Crippen LogP contribution in [0.25, 0.3) is 0 Å². The number of hydrogen-bond donors (Lipinski definition) is 2. The predicted octanol–water partition coefficient (Wildman–Crippen LogP) is 2.47. The van der Waals surface area contributed by atoms with Crippen molar-refractivity contribution in [2.45, 2.75) is 58.0 Å². The molecule has 2 N–H and O–H groups in total. The zero-order valence-electron chi connectivity index (χ0n) is 12.3. The number of aromatic nitrogens is 1. The van der Waals surface area contributed by atoms with E-state index in [1.54, 1.807) is 6.07 Å². The molecule has 1 saturated carbocycles. The molecule has 1 aliphatic rings. The summed E-state index contributed by atoms with van der Waals surface area (Å²) in [7, 11) is 0. The Kier molecular flexibility index (Phi) is 5.17. The molecular weight excluding hydrogens is 256 g/mol. The number of nitrogens with zero attached hydrogens (tertiary/aromatic N) is 1. The summed E-state index contributed by atoms with van der Waals surface area (Å²) in [6.45, 7) is 4.73. The van der Waals surface area contributed by atoms with E-state index >= 15 is 0 Å². The van der Waals surface area contributed by atoms with Crippen molar-refractivity contribution in [3.8, 4) is 0 Å². The summed E-state index contributed by atoms with van der Waals surface area (Å²) in [6.07, 6.45) is 4.49. The highest BCUT2D eigenvalue weighted by Crippen LogP contribution is 2.23. The molecule has 1 aromatic rings. The second-order valence-electron chi connectivity index (χ2n) is 5.82. The van der Waals surface area contributed by atoms with Gasteiger partial charge in [-0.25, -0.2) is 0 Å². The molecule has 3 atom stereocenters. The van der Waals surface area contributed by atoms with E-state index < -0.39 is 0 Å². The fraction of sp³-hybridized carbons (Fsp3) is 0.733. The van der Waals surface area contributed by atoms with Crippen molar-refractivity contribution in [1.82, 2.24) is 10.5 Å². The molecule has 0 radical (unpaired) electrons. The molecule has 0 aliphatic heterocycles. The van der Waals surface area contributed by atoms with E-state index in [-0.39, 0.29) is 17.8 Å². The van der Waals surface area contributed by atoms with Crippen molar-refractivity contribution >= 4 is 5.91 Å². The van der Waals surface area contributed by atoms with E-state index in [1.165, 1.54) is 0 Å². The molecule has 2 rings (SSSR count). The molecule has 0 bridgehead atoms. The van der Waals surface area contributed by atoms with Gasteiger partial charge in [0.2, 0.25) is 5.76 Å². The SMILES string of the molecule is CCC(C)c1cc(C(=O)NCC2CCCC(O)C2)on1. The van der Waals surface area contributed by atoms with Gasteiger partial charge in [0.15, 0.2) is 0 Å². The van der Waals surface area contributed by atoms with Crippen LogP contribution in [0, 0.1) is 5.92 Å². The lowest BCUT2D eigenvalue weighted by molar-refractivity contribution is 0.0847. The first-order valence-corrected chi connectivity index (χ1v) is 7.53. The molecule has 5 heteroatoms. The summed E-state index contributed by atoms with van der Waals surface area (Å²) < 4.78 is 5.10. The average molecular weight is 280 g/mol. The van der Waals surface area contributed by atoms with Crippen LogP contribution in [0.4, 0.5) is 0 Å². The summed E-state index contributed by atoms with van der Waals surface area (Å²) in [5.41, 5.74) is 0.825. The standard InChI is InChI=1S/C15H24N2O3/c1-3-10(2)13-8-14(20-17-13)15(19)16-9-11-5-4-6-12(18)7-11/h8,10-12,18H,3-7,9H2,1-2H3,(H,16,19). The Hall–Kier alpha value is -1.36. The summed E-state index contributed by atoms with van der Waals surface area (Å²) in [4.78, 5) is 12.0. The highest BCUT2D eigenvalue weighted by molar-refractivity contribution is 5.91. The number of aliphatic hydroxyl groups is 1. The van der Waals surface area contributed by atoms with Gasteiger partial charge in [0.1, 0.15) is 0 Å². The third kappa shape index (κ3) is 3.82. The number of carbonyl (C=O) groups is 1. The fourth-order valence-electron chi connectivity index (χ4n) is 2.61. The van der Waals surface area contributed by atoms with E-state index in [4.69, 9.17) is 4.52 Å². The summed E-state index contributed by atoms with van der Waals surface area (Å²) in [5.74, 6) is 0.720. The van der Waals surface area contributed by atoms with Gasteiger partial charge in [0.05, 0.1) is 11.8 Å². The molecule has 0 spiro atoms. The first-order valence-electron chi connectivity index (χ1n) is 7.53. The highest BCUT2D eigenvalue weighted by Gasteiger charge is 2.22. The van der Waals surface area contributed by atoms with E-state index in [2.05, 4.69) is 24.3 Å². The smallest absolute Gasteiger partial charge is 0.289 e. The number of carbonyl (C=O) groups excluding carboxylic acids is 1. The molecule has 1 aliphatic carbocycles. The van der Waals surface area contributed by atoms with Gasteiger partial charge < -0.3 is 14.9 Å². The predicted molar refractivity (Wildman–Crippen MR) is 75.5 cm³/mol. The minimum Gasteiger partial charge on any atom is -0.393 e. The fourth-order valence-corrected chi connectivity index (χ4v) is 2.61. The first kappa shape index (κ1) is 15.0. The van der Waals surface area contributed by atoms with E-state index in [9.17, 15) is 9.90 Å². The Morgan fingerprint density at radius 3 is 3.10 bits per heavy atom. The van der Waals surface area contributed by atoms with Gasteiger partial charge in [-0.2, -0.15) is 0 Å². The molecule has 0 saturated heterocycles. The normalized spacial score (nSPS) is 24.4. The van der Waals surface area contributed by atoms with Gasteiger partial charge in [0, 0.05) is 18.5 Å². The van der Waals surface area contributed by atoms with Crippen molar-refractivity contribution in [1.29, 1.82) is 0 Å². The Balaban J connectivity index is 1.84. The Morgan fingerprint density at radius 2 is 2.40 bits per heavy atom. The minimum absolute atomic E-state index is 0.215. The third-order valence-electron chi connectivity index (χ3n) is 4.18. The van der Waals surface area contributed by atoms with E-state index in [1.807, 2.05) is 0 Å². The Morgan fingerprint density at radius 1 is 1.60 bits per heavy atom. The topological polar surface area (TPSA) is 75.4 Å². The van der Waals surface area contributed by atoms with Crippen LogP contribution in [-0.2, 0) is 0 Å². The quantitative estimate of drug-likeness (QED) is 0.868. The molecule has 20 heavy (non-hydrogen) atoms. The molecule has 1 aromatic heterocycles. The van der Waals surface area contributed by atoms with Crippen LogP contribution >= 0.6 is 0 Å². The summed E-state index contributed by atoms with van der Waals surface area (Å²) in [6, 6.07) is 1.72. The van der Waals surface area contributed by atoms with Crippen molar-refractivity contribution < 1.29 is 14.4 Å².